The fraction of sp³-hybridized carbons (Fsp3) is 0.381. The van der Waals surface area contributed by atoms with Crippen molar-refractivity contribution in [3.05, 3.63) is 39.9 Å². The topological polar surface area (TPSA) is 187 Å². The first-order chi connectivity index (χ1) is 14.8. The van der Waals surface area contributed by atoms with Gasteiger partial charge in [0, 0.05) is 23.1 Å². The van der Waals surface area contributed by atoms with Crippen molar-refractivity contribution in [3.63, 3.8) is 0 Å². The number of carbonyl (C=O) groups is 3. The number of benzene rings is 1. The van der Waals surface area contributed by atoms with Gasteiger partial charge in [0.15, 0.2) is 11.4 Å². The normalized spacial score (nSPS) is 29.7. The number of anilines is 1. The summed E-state index contributed by atoms with van der Waals surface area (Å²) in [6, 6.07) is -0.300. The van der Waals surface area contributed by atoms with E-state index in [1.165, 1.54) is 19.0 Å². The number of halogens is 1. The van der Waals surface area contributed by atoms with Gasteiger partial charge in [-0.15, -0.1) is 0 Å². The van der Waals surface area contributed by atoms with E-state index in [4.69, 9.17) is 11.5 Å². The molecule has 0 heterocycles. The summed E-state index contributed by atoms with van der Waals surface area (Å²) in [6.07, 6.45) is -0.245. The van der Waals surface area contributed by atoms with Crippen LogP contribution in [0, 0.1) is 17.7 Å². The minimum absolute atomic E-state index is 0.0673. The zero-order valence-electron chi connectivity index (χ0n) is 17.2. The van der Waals surface area contributed by atoms with Crippen LogP contribution in [-0.2, 0) is 20.8 Å². The van der Waals surface area contributed by atoms with E-state index in [1.807, 2.05) is 0 Å². The highest BCUT2D eigenvalue weighted by Gasteiger charge is 2.64. The quantitative estimate of drug-likeness (QED) is 0.201. The second-order valence-electron chi connectivity index (χ2n) is 8.61. The Hall–Kier alpha value is -3.44. The summed E-state index contributed by atoms with van der Waals surface area (Å²) in [5, 5.41) is 43.2. The summed E-state index contributed by atoms with van der Waals surface area (Å²) in [6.45, 7) is 0. The number of Topliss-reactive ketones (excluding diaryl/α,β-unsaturated/α-hetero) is 2. The van der Waals surface area contributed by atoms with Gasteiger partial charge < -0.3 is 31.9 Å². The number of phenols is 1. The van der Waals surface area contributed by atoms with E-state index >= 15 is 0 Å². The first-order valence-electron chi connectivity index (χ1n) is 9.78. The van der Waals surface area contributed by atoms with Crippen molar-refractivity contribution >= 4 is 28.9 Å². The second-order valence-corrected chi connectivity index (χ2v) is 8.61. The van der Waals surface area contributed by atoms with E-state index in [-0.39, 0.29) is 35.2 Å². The van der Waals surface area contributed by atoms with Crippen LogP contribution in [0.5, 0.6) is 5.75 Å². The van der Waals surface area contributed by atoms with Gasteiger partial charge in [-0.25, -0.2) is 4.39 Å². The van der Waals surface area contributed by atoms with Gasteiger partial charge in [0.1, 0.15) is 28.7 Å². The number of carbonyl (C=O) groups excluding carboxylic acids is 3. The predicted octanol–water partition coefficient (Wildman–Crippen LogP) is -0.315. The molecule has 8 N–H and O–H groups in total. The predicted molar refractivity (Wildman–Crippen MR) is 109 cm³/mol. The number of amides is 1. The minimum atomic E-state index is -2.74. The lowest BCUT2D eigenvalue weighted by Crippen LogP contribution is -2.65. The highest BCUT2D eigenvalue weighted by molar-refractivity contribution is 6.24. The number of rotatable bonds is 2. The molecule has 0 aliphatic heterocycles. The molecule has 0 bridgehead atoms. The highest BCUT2D eigenvalue weighted by atomic mass is 19.1. The Morgan fingerprint density at radius 2 is 1.88 bits per heavy atom. The highest BCUT2D eigenvalue weighted by Crippen LogP contribution is 2.53. The Labute approximate surface area is 181 Å². The molecular formula is C21H22FN3O7. The number of aliphatic hydroxyl groups excluding tert-OH is 2. The average molecular weight is 447 g/mol. The fourth-order valence-electron chi connectivity index (χ4n) is 5.29. The molecule has 1 saturated carbocycles. The SMILES string of the molecule is CN(C)C1C(=O)C(C(N)=O)=C(O)[C@@]2(O)C(=O)C3=C(O)c4c(O)c(N)cc(F)c4C[C@H]3C[C@@H]12. The third-order valence-electron chi connectivity index (χ3n) is 6.70. The molecule has 0 saturated heterocycles. The number of nitrogen functional groups attached to an aromatic ring is 1. The number of phenolic OH excluding ortho intramolecular Hbond substituents is 1. The van der Waals surface area contributed by atoms with Crippen LogP contribution in [-0.4, -0.2) is 68.5 Å². The van der Waals surface area contributed by atoms with Crippen LogP contribution in [0.2, 0.25) is 0 Å². The Kier molecular flexibility index (Phi) is 4.61. The van der Waals surface area contributed by atoms with Gasteiger partial charge in [0.05, 0.1) is 17.3 Å². The van der Waals surface area contributed by atoms with Crippen molar-refractivity contribution in [2.24, 2.45) is 17.6 Å². The molecule has 1 aromatic carbocycles. The average Bonchev–Trinajstić information content (AvgIpc) is 2.68. The van der Waals surface area contributed by atoms with E-state index in [0.29, 0.717) is 0 Å². The molecular weight excluding hydrogens is 425 g/mol. The van der Waals surface area contributed by atoms with Crippen LogP contribution in [0.4, 0.5) is 10.1 Å². The third-order valence-corrected chi connectivity index (χ3v) is 6.70. The number of likely N-dealkylation sites (N-methyl/N-ethyl adjacent to an activating group) is 1. The van der Waals surface area contributed by atoms with E-state index in [9.17, 15) is 39.2 Å². The number of nitrogens with zero attached hydrogens (tertiary/aromatic N) is 1. The number of aliphatic hydroxyl groups is 3. The van der Waals surface area contributed by atoms with Crippen LogP contribution in [0.3, 0.4) is 0 Å². The van der Waals surface area contributed by atoms with Gasteiger partial charge in [0.2, 0.25) is 5.78 Å². The van der Waals surface area contributed by atoms with Crippen molar-refractivity contribution in [2.75, 3.05) is 19.8 Å². The van der Waals surface area contributed by atoms with Crippen LogP contribution >= 0.6 is 0 Å². The molecule has 0 aromatic heterocycles. The van der Waals surface area contributed by atoms with Gasteiger partial charge in [0.25, 0.3) is 5.91 Å². The summed E-state index contributed by atoms with van der Waals surface area (Å²) in [5.74, 6) is -8.79. The van der Waals surface area contributed by atoms with Gasteiger partial charge in [-0.05, 0) is 32.9 Å². The maximum absolute atomic E-state index is 14.6. The number of primary amides is 1. The molecule has 4 atom stereocenters. The number of nitrogens with two attached hydrogens (primary N) is 2. The lowest BCUT2D eigenvalue weighted by Gasteiger charge is -2.50. The van der Waals surface area contributed by atoms with Crippen molar-refractivity contribution in [2.45, 2.75) is 24.5 Å². The molecule has 11 heteroatoms. The largest absolute Gasteiger partial charge is 0.508 e. The number of hydrogen-bond acceptors (Lipinski definition) is 9. The molecule has 32 heavy (non-hydrogen) atoms. The molecule has 1 unspecified atom stereocenters. The molecule has 170 valence electrons. The first kappa shape index (κ1) is 21.8. The van der Waals surface area contributed by atoms with Gasteiger partial charge in [-0.3, -0.25) is 19.3 Å². The smallest absolute Gasteiger partial charge is 0.255 e. The molecule has 1 amide bonds. The summed E-state index contributed by atoms with van der Waals surface area (Å²) >= 11 is 0. The maximum Gasteiger partial charge on any atom is 0.255 e. The van der Waals surface area contributed by atoms with Crippen molar-refractivity contribution in [1.29, 1.82) is 0 Å². The first-order valence-corrected chi connectivity index (χ1v) is 9.78. The van der Waals surface area contributed by atoms with Crippen LogP contribution in [0.15, 0.2) is 23.0 Å². The zero-order chi connectivity index (χ0) is 23.9. The molecule has 3 aliphatic carbocycles. The number of fused-ring (bicyclic) bond motifs is 3. The monoisotopic (exact) mass is 447 g/mol. The van der Waals surface area contributed by atoms with Crippen LogP contribution in [0.25, 0.3) is 5.76 Å². The standard InChI is InChI=1S/C21H22FN3O7/c1-25(2)14-8-4-6-3-7-9(22)5-10(23)15(26)12(7)16(27)11(6)18(29)21(8,32)19(30)13(17(14)28)20(24)31/h5-6,8,14,26-27,30,32H,3-4,23H2,1-2H3,(H2,24,31)/t6-,8-,14?,21-/m0/s1. The lowest BCUT2D eigenvalue weighted by atomic mass is 9.57. The van der Waals surface area contributed by atoms with Gasteiger partial charge in [-0.2, -0.15) is 0 Å². The molecule has 0 radical (unpaired) electrons. The van der Waals surface area contributed by atoms with Gasteiger partial charge >= 0.3 is 0 Å². The van der Waals surface area contributed by atoms with Crippen molar-refractivity contribution < 1.29 is 39.2 Å². The zero-order valence-corrected chi connectivity index (χ0v) is 17.2. The molecule has 4 rings (SSSR count). The van der Waals surface area contributed by atoms with E-state index in [1.54, 1.807) is 0 Å². The number of hydrogen-bond donors (Lipinski definition) is 6. The summed E-state index contributed by atoms with van der Waals surface area (Å²) in [4.78, 5) is 39.7. The fourth-order valence-corrected chi connectivity index (χ4v) is 5.29. The maximum atomic E-state index is 14.6. The van der Waals surface area contributed by atoms with Crippen molar-refractivity contribution in [1.82, 2.24) is 4.90 Å². The van der Waals surface area contributed by atoms with Crippen molar-refractivity contribution in [3.8, 4) is 5.75 Å². The Morgan fingerprint density at radius 3 is 2.44 bits per heavy atom. The minimum Gasteiger partial charge on any atom is -0.508 e. The molecule has 3 aliphatic rings. The summed E-state index contributed by atoms with van der Waals surface area (Å²) < 4.78 is 14.6. The molecule has 10 nitrogen and oxygen atoms in total. The molecule has 1 fully saturated rings. The molecule has 0 spiro atoms. The number of ketones is 2. The Balaban J connectivity index is 2.00. The second kappa shape index (κ2) is 6.78. The Bertz CT molecular complexity index is 1170. The molecule has 1 aromatic rings. The summed E-state index contributed by atoms with van der Waals surface area (Å²) in [5.41, 5.74) is 6.02. The van der Waals surface area contributed by atoms with Gasteiger partial charge in [-0.1, -0.05) is 0 Å². The number of aromatic hydroxyl groups is 1. The lowest BCUT2D eigenvalue weighted by molar-refractivity contribution is -0.153. The third kappa shape index (κ3) is 2.55. The summed E-state index contributed by atoms with van der Waals surface area (Å²) in [7, 11) is 2.99. The Morgan fingerprint density at radius 1 is 1.25 bits per heavy atom. The van der Waals surface area contributed by atoms with E-state index in [0.717, 1.165) is 6.07 Å². The van der Waals surface area contributed by atoms with Crippen LogP contribution in [0.1, 0.15) is 17.5 Å². The van der Waals surface area contributed by atoms with E-state index in [2.05, 4.69) is 0 Å². The van der Waals surface area contributed by atoms with E-state index < -0.39 is 69.6 Å². The van der Waals surface area contributed by atoms with Crippen LogP contribution < -0.4 is 11.5 Å².